The summed E-state index contributed by atoms with van der Waals surface area (Å²) in [6.45, 7) is 10.5. The van der Waals surface area contributed by atoms with Crippen LogP contribution in [-0.2, 0) is 5.72 Å². The Morgan fingerprint density at radius 2 is 1.67 bits per heavy atom. The number of carbonyl (C=O) groups is 1. The van der Waals surface area contributed by atoms with Gasteiger partial charge in [-0.25, -0.2) is 0 Å². The molecule has 0 bridgehead atoms. The molecule has 1 aliphatic heterocycles. The Bertz CT molecular complexity index is 765. The van der Waals surface area contributed by atoms with Gasteiger partial charge in [0.2, 0.25) is 5.72 Å². The van der Waals surface area contributed by atoms with Crippen LogP contribution < -0.4 is 10.1 Å². The molecule has 1 amide bonds. The molecule has 1 heterocycles. The van der Waals surface area contributed by atoms with Gasteiger partial charge in [0, 0.05) is 5.56 Å². The van der Waals surface area contributed by atoms with Crippen molar-refractivity contribution < 1.29 is 9.53 Å². The van der Waals surface area contributed by atoms with Gasteiger partial charge in [-0.15, -0.1) is 0 Å². The van der Waals surface area contributed by atoms with Crippen LogP contribution in [-0.4, -0.2) is 5.91 Å². The second-order valence-corrected chi connectivity index (χ2v) is 7.25. The second kappa shape index (κ2) is 5.97. The standard InChI is InChI=1S/C21H25NO2/c1-13(2)15-11-17(14(3)4)19-18(12-15)20(23)22-21(5,24-19)16-9-7-6-8-10-16/h6-14H,1-5H3,(H,22,23)/t21-/m1/s1. The van der Waals surface area contributed by atoms with Crippen LogP contribution >= 0.6 is 0 Å². The molecule has 1 atom stereocenters. The molecule has 24 heavy (non-hydrogen) atoms. The molecular formula is C21H25NO2. The zero-order valence-electron chi connectivity index (χ0n) is 15.0. The minimum Gasteiger partial charge on any atom is -0.463 e. The van der Waals surface area contributed by atoms with Crippen LogP contribution in [0.5, 0.6) is 5.75 Å². The number of hydrogen-bond donors (Lipinski definition) is 1. The van der Waals surface area contributed by atoms with E-state index in [9.17, 15) is 4.79 Å². The van der Waals surface area contributed by atoms with Crippen molar-refractivity contribution in [2.75, 3.05) is 0 Å². The molecule has 3 nitrogen and oxygen atoms in total. The van der Waals surface area contributed by atoms with E-state index in [0.29, 0.717) is 17.2 Å². The monoisotopic (exact) mass is 323 g/mol. The van der Waals surface area contributed by atoms with Crippen LogP contribution in [0.4, 0.5) is 0 Å². The topological polar surface area (TPSA) is 38.3 Å². The number of ether oxygens (including phenoxy) is 1. The molecule has 0 fully saturated rings. The molecule has 1 N–H and O–H groups in total. The highest BCUT2D eigenvalue weighted by Gasteiger charge is 2.39. The van der Waals surface area contributed by atoms with Gasteiger partial charge in [-0.2, -0.15) is 0 Å². The number of benzene rings is 2. The fourth-order valence-electron chi connectivity index (χ4n) is 3.12. The van der Waals surface area contributed by atoms with E-state index in [-0.39, 0.29) is 11.8 Å². The third-order valence-corrected chi connectivity index (χ3v) is 4.66. The van der Waals surface area contributed by atoms with Crippen molar-refractivity contribution in [1.29, 1.82) is 0 Å². The third kappa shape index (κ3) is 2.79. The molecule has 0 aromatic heterocycles. The quantitative estimate of drug-likeness (QED) is 0.870. The molecule has 126 valence electrons. The first-order valence-electron chi connectivity index (χ1n) is 8.56. The van der Waals surface area contributed by atoms with Crippen molar-refractivity contribution in [2.24, 2.45) is 0 Å². The molecule has 0 unspecified atom stereocenters. The van der Waals surface area contributed by atoms with Crippen molar-refractivity contribution in [1.82, 2.24) is 5.32 Å². The van der Waals surface area contributed by atoms with E-state index in [0.717, 1.165) is 11.1 Å². The predicted molar refractivity (Wildman–Crippen MR) is 96.5 cm³/mol. The SMILES string of the molecule is CC(C)c1cc2c(c(C(C)C)c1)O[C@](C)(c1ccccc1)NC2=O. The van der Waals surface area contributed by atoms with E-state index in [4.69, 9.17) is 4.74 Å². The predicted octanol–water partition coefficient (Wildman–Crippen LogP) is 4.93. The van der Waals surface area contributed by atoms with Crippen LogP contribution in [0.2, 0.25) is 0 Å². The molecule has 0 saturated heterocycles. The summed E-state index contributed by atoms with van der Waals surface area (Å²) in [5, 5.41) is 3.04. The minimum atomic E-state index is -0.853. The van der Waals surface area contributed by atoms with E-state index in [1.54, 1.807) is 0 Å². The van der Waals surface area contributed by atoms with Gasteiger partial charge in [0.05, 0.1) is 5.56 Å². The first-order valence-corrected chi connectivity index (χ1v) is 8.56. The van der Waals surface area contributed by atoms with Crippen molar-refractivity contribution in [3.05, 3.63) is 64.7 Å². The number of carbonyl (C=O) groups excluding carboxylic acids is 1. The van der Waals surface area contributed by atoms with Gasteiger partial charge in [-0.1, -0.05) is 64.1 Å². The molecule has 2 aromatic carbocycles. The second-order valence-electron chi connectivity index (χ2n) is 7.25. The first kappa shape index (κ1) is 16.6. The van der Waals surface area contributed by atoms with E-state index in [2.05, 4.69) is 39.1 Å². The van der Waals surface area contributed by atoms with Crippen LogP contribution in [0.1, 0.15) is 73.5 Å². The number of rotatable bonds is 3. The van der Waals surface area contributed by atoms with Gasteiger partial charge in [-0.05, 0) is 36.0 Å². The largest absolute Gasteiger partial charge is 0.463 e. The Morgan fingerprint density at radius 1 is 1.00 bits per heavy atom. The lowest BCUT2D eigenvalue weighted by Gasteiger charge is -2.38. The summed E-state index contributed by atoms with van der Waals surface area (Å²) in [5.74, 6) is 1.28. The maximum atomic E-state index is 12.8. The van der Waals surface area contributed by atoms with Crippen molar-refractivity contribution in [3.8, 4) is 5.75 Å². The van der Waals surface area contributed by atoms with E-state index < -0.39 is 5.72 Å². The lowest BCUT2D eigenvalue weighted by Crippen LogP contribution is -2.51. The van der Waals surface area contributed by atoms with E-state index in [1.165, 1.54) is 5.56 Å². The van der Waals surface area contributed by atoms with Crippen LogP contribution in [0.25, 0.3) is 0 Å². The fourth-order valence-corrected chi connectivity index (χ4v) is 3.12. The van der Waals surface area contributed by atoms with Crippen LogP contribution in [0, 0.1) is 0 Å². The highest BCUT2D eigenvalue weighted by Crippen LogP contribution is 2.40. The van der Waals surface area contributed by atoms with Gasteiger partial charge in [0.1, 0.15) is 5.75 Å². The van der Waals surface area contributed by atoms with Gasteiger partial charge in [-0.3, -0.25) is 4.79 Å². The summed E-state index contributed by atoms with van der Waals surface area (Å²) in [4.78, 5) is 12.8. The number of fused-ring (bicyclic) bond motifs is 1. The van der Waals surface area contributed by atoms with E-state index >= 15 is 0 Å². The highest BCUT2D eigenvalue weighted by atomic mass is 16.5. The van der Waals surface area contributed by atoms with Crippen molar-refractivity contribution >= 4 is 5.91 Å². The normalized spacial score (nSPS) is 19.9. The average molecular weight is 323 g/mol. The zero-order chi connectivity index (χ0) is 17.5. The smallest absolute Gasteiger partial charge is 0.258 e. The van der Waals surface area contributed by atoms with Crippen LogP contribution in [0.15, 0.2) is 42.5 Å². The van der Waals surface area contributed by atoms with Gasteiger partial charge in [0.15, 0.2) is 0 Å². The lowest BCUT2D eigenvalue weighted by molar-refractivity contribution is 0.0279. The first-order chi connectivity index (χ1) is 11.3. The average Bonchev–Trinajstić information content (AvgIpc) is 2.54. The summed E-state index contributed by atoms with van der Waals surface area (Å²) in [5.41, 5.74) is 2.98. The Balaban J connectivity index is 2.15. The Labute approximate surface area is 144 Å². The molecular weight excluding hydrogens is 298 g/mol. The summed E-state index contributed by atoms with van der Waals surface area (Å²) < 4.78 is 6.37. The molecule has 1 aliphatic rings. The van der Waals surface area contributed by atoms with Gasteiger partial charge in [0.25, 0.3) is 5.91 Å². The third-order valence-electron chi connectivity index (χ3n) is 4.66. The molecule has 2 aromatic rings. The van der Waals surface area contributed by atoms with Gasteiger partial charge < -0.3 is 10.1 Å². The van der Waals surface area contributed by atoms with Crippen molar-refractivity contribution in [3.63, 3.8) is 0 Å². The Hall–Kier alpha value is -2.29. The van der Waals surface area contributed by atoms with E-state index in [1.807, 2.05) is 43.3 Å². The molecule has 0 saturated carbocycles. The lowest BCUT2D eigenvalue weighted by atomic mass is 9.90. The number of amides is 1. The molecule has 0 radical (unpaired) electrons. The summed E-state index contributed by atoms with van der Waals surface area (Å²) in [6.07, 6.45) is 0. The number of nitrogens with one attached hydrogen (secondary N) is 1. The van der Waals surface area contributed by atoms with Crippen LogP contribution in [0.3, 0.4) is 0 Å². The minimum absolute atomic E-state index is 0.0768. The molecule has 0 aliphatic carbocycles. The highest BCUT2D eigenvalue weighted by molar-refractivity contribution is 5.99. The summed E-state index contributed by atoms with van der Waals surface area (Å²) >= 11 is 0. The molecule has 3 rings (SSSR count). The van der Waals surface area contributed by atoms with Crippen molar-refractivity contribution in [2.45, 2.75) is 52.2 Å². The Morgan fingerprint density at radius 3 is 2.25 bits per heavy atom. The summed E-state index contributed by atoms with van der Waals surface area (Å²) in [7, 11) is 0. The Kier molecular flexibility index (Phi) is 4.12. The fraction of sp³-hybridized carbons (Fsp3) is 0.381. The summed E-state index contributed by atoms with van der Waals surface area (Å²) in [6, 6.07) is 14.0. The zero-order valence-corrected chi connectivity index (χ0v) is 15.0. The molecule has 0 spiro atoms. The van der Waals surface area contributed by atoms with Gasteiger partial charge >= 0.3 is 0 Å². The maximum Gasteiger partial charge on any atom is 0.258 e. The number of hydrogen-bond acceptors (Lipinski definition) is 2. The molecule has 3 heteroatoms. The maximum absolute atomic E-state index is 12.8.